The predicted octanol–water partition coefficient (Wildman–Crippen LogP) is 1.84. The molecule has 1 amide bonds. The van der Waals surface area contributed by atoms with Crippen molar-refractivity contribution >= 4 is 21.7 Å². The summed E-state index contributed by atoms with van der Waals surface area (Å²) in [5.74, 6) is 0.937. The average molecular weight is 403 g/mol. The average Bonchev–Trinajstić information content (AvgIpc) is 3.26. The molecule has 150 valence electrons. The van der Waals surface area contributed by atoms with E-state index >= 15 is 0 Å². The highest BCUT2D eigenvalue weighted by Gasteiger charge is 2.14. The number of carbonyl (C=O) groups is 1. The summed E-state index contributed by atoms with van der Waals surface area (Å²) < 4.78 is 25.7. The van der Waals surface area contributed by atoms with Crippen LogP contribution in [0.25, 0.3) is 0 Å². The van der Waals surface area contributed by atoms with E-state index in [-0.39, 0.29) is 10.8 Å². The normalized spacial score (nSPS) is 14.2. The number of carbonyl (C=O) groups excluding carboxylic acids is 1. The van der Waals surface area contributed by atoms with E-state index in [2.05, 4.69) is 19.9 Å². The maximum Gasteiger partial charge on any atom is 0.240 e. The quantitative estimate of drug-likeness (QED) is 0.703. The molecule has 8 heteroatoms. The van der Waals surface area contributed by atoms with Crippen LogP contribution in [0.2, 0.25) is 0 Å². The molecule has 1 aliphatic heterocycles. The Labute approximate surface area is 166 Å². The Morgan fingerprint density at radius 3 is 2.50 bits per heavy atom. The second-order valence-electron chi connectivity index (χ2n) is 6.84. The highest BCUT2D eigenvalue weighted by molar-refractivity contribution is 7.89. The number of pyridine rings is 1. The van der Waals surface area contributed by atoms with Crippen LogP contribution in [0, 0.1) is 0 Å². The van der Waals surface area contributed by atoms with Gasteiger partial charge in [-0.15, -0.1) is 0 Å². The molecule has 0 saturated carbocycles. The Morgan fingerprint density at radius 2 is 1.82 bits per heavy atom. The van der Waals surface area contributed by atoms with Gasteiger partial charge in [0.1, 0.15) is 5.82 Å². The van der Waals surface area contributed by atoms with E-state index in [1.165, 1.54) is 19.9 Å². The largest absolute Gasteiger partial charge is 0.357 e. The number of sulfonamides is 1. The van der Waals surface area contributed by atoms with Crippen LogP contribution in [0.15, 0.2) is 47.5 Å². The Hall–Kier alpha value is -2.45. The second-order valence-corrected chi connectivity index (χ2v) is 8.73. The zero-order valence-electron chi connectivity index (χ0n) is 16.0. The molecule has 0 aliphatic carbocycles. The molecule has 1 fully saturated rings. The van der Waals surface area contributed by atoms with Crippen LogP contribution in [0.1, 0.15) is 30.4 Å². The van der Waals surface area contributed by atoms with E-state index in [4.69, 9.17) is 0 Å². The van der Waals surface area contributed by atoms with Crippen molar-refractivity contribution in [2.45, 2.75) is 37.1 Å². The molecule has 0 radical (unpaired) electrons. The lowest BCUT2D eigenvalue weighted by Gasteiger charge is -2.17. The van der Waals surface area contributed by atoms with Crippen LogP contribution in [-0.4, -0.2) is 39.4 Å². The molecule has 1 aromatic carbocycles. The Bertz CT molecular complexity index is 907. The molecule has 7 nitrogen and oxygen atoms in total. The van der Waals surface area contributed by atoms with Crippen molar-refractivity contribution in [3.05, 3.63) is 53.7 Å². The molecule has 2 heterocycles. The molecule has 1 saturated heterocycles. The summed E-state index contributed by atoms with van der Waals surface area (Å²) in [4.78, 5) is 19.1. The molecular formula is C20H26N4O3S. The molecule has 28 heavy (non-hydrogen) atoms. The van der Waals surface area contributed by atoms with E-state index < -0.39 is 10.0 Å². The Morgan fingerprint density at radius 1 is 1.11 bits per heavy atom. The topological polar surface area (TPSA) is 91.4 Å². The number of nitrogens with one attached hydrogen (secondary N) is 2. The first-order chi connectivity index (χ1) is 13.5. The van der Waals surface area contributed by atoms with Crippen LogP contribution in [0.3, 0.4) is 0 Å². The first-order valence-electron chi connectivity index (χ1n) is 9.47. The third kappa shape index (κ3) is 5.30. The summed E-state index contributed by atoms with van der Waals surface area (Å²) in [6, 6.07) is 10.5. The van der Waals surface area contributed by atoms with Gasteiger partial charge in [-0.1, -0.05) is 12.1 Å². The SMILES string of the molecule is CNS(=O)(=O)c1ccc(CCC(=O)NCc2ccnc(N3CCCC3)c2)cc1. The highest BCUT2D eigenvalue weighted by atomic mass is 32.2. The van der Waals surface area contributed by atoms with Gasteiger partial charge in [-0.3, -0.25) is 4.79 Å². The maximum atomic E-state index is 12.2. The number of rotatable bonds is 8. The van der Waals surface area contributed by atoms with Gasteiger partial charge in [-0.25, -0.2) is 18.1 Å². The number of hydrogen-bond acceptors (Lipinski definition) is 5. The van der Waals surface area contributed by atoms with Crippen molar-refractivity contribution in [1.82, 2.24) is 15.0 Å². The van der Waals surface area contributed by atoms with Gasteiger partial charge in [-0.05, 0) is 61.7 Å². The number of nitrogens with zero attached hydrogens (tertiary/aromatic N) is 2. The number of anilines is 1. The van der Waals surface area contributed by atoms with Crippen LogP contribution in [0.4, 0.5) is 5.82 Å². The molecule has 0 atom stereocenters. The first-order valence-corrected chi connectivity index (χ1v) is 11.0. The lowest BCUT2D eigenvalue weighted by atomic mass is 10.1. The molecule has 1 aromatic heterocycles. The fraction of sp³-hybridized carbons (Fsp3) is 0.400. The minimum atomic E-state index is -3.43. The Kier molecular flexibility index (Phi) is 6.64. The third-order valence-electron chi connectivity index (χ3n) is 4.87. The standard InChI is InChI=1S/C20H26N4O3S/c1-21-28(26,27)18-7-4-16(5-8-18)6-9-20(25)23-15-17-10-11-22-19(14-17)24-12-2-3-13-24/h4-5,7-8,10-11,14,21H,2-3,6,9,12-13,15H2,1H3,(H,23,25). The highest BCUT2D eigenvalue weighted by Crippen LogP contribution is 2.18. The van der Waals surface area contributed by atoms with E-state index in [9.17, 15) is 13.2 Å². The molecule has 2 aromatic rings. The second kappa shape index (κ2) is 9.16. The summed E-state index contributed by atoms with van der Waals surface area (Å²) in [6.07, 6.45) is 5.09. The molecular weight excluding hydrogens is 376 g/mol. The summed E-state index contributed by atoms with van der Waals surface area (Å²) >= 11 is 0. The molecule has 0 spiro atoms. The summed E-state index contributed by atoms with van der Waals surface area (Å²) in [7, 11) is -2.05. The van der Waals surface area contributed by atoms with Crippen molar-refractivity contribution in [1.29, 1.82) is 0 Å². The molecule has 3 rings (SSSR count). The van der Waals surface area contributed by atoms with Gasteiger partial charge >= 0.3 is 0 Å². The van der Waals surface area contributed by atoms with Gasteiger partial charge < -0.3 is 10.2 Å². The molecule has 0 unspecified atom stereocenters. The Balaban J connectivity index is 1.48. The van der Waals surface area contributed by atoms with Crippen molar-refractivity contribution in [3.8, 4) is 0 Å². The summed E-state index contributed by atoms with van der Waals surface area (Å²) in [6.45, 7) is 2.55. The van der Waals surface area contributed by atoms with Crippen molar-refractivity contribution in [2.75, 3.05) is 25.0 Å². The van der Waals surface area contributed by atoms with Crippen LogP contribution >= 0.6 is 0 Å². The lowest BCUT2D eigenvalue weighted by molar-refractivity contribution is -0.121. The minimum absolute atomic E-state index is 0.0357. The summed E-state index contributed by atoms with van der Waals surface area (Å²) in [5, 5.41) is 2.94. The van der Waals surface area contributed by atoms with Crippen LogP contribution in [0.5, 0.6) is 0 Å². The van der Waals surface area contributed by atoms with Crippen LogP contribution < -0.4 is 14.9 Å². The summed E-state index contributed by atoms with van der Waals surface area (Å²) in [5.41, 5.74) is 1.96. The number of aryl methyl sites for hydroxylation is 1. The molecule has 2 N–H and O–H groups in total. The minimum Gasteiger partial charge on any atom is -0.357 e. The zero-order valence-corrected chi connectivity index (χ0v) is 16.8. The van der Waals surface area contributed by atoms with Gasteiger partial charge in [0.15, 0.2) is 0 Å². The monoisotopic (exact) mass is 402 g/mol. The van der Waals surface area contributed by atoms with Crippen molar-refractivity contribution in [3.63, 3.8) is 0 Å². The van der Waals surface area contributed by atoms with Gasteiger partial charge in [0.05, 0.1) is 4.90 Å². The third-order valence-corrected chi connectivity index (χ3v) is 6.30. The predicted molar refractivity (Wildman–Crippen MR) is 109 cm³/mol. The van der Waals surface area contributed by atoms with Crippen LogP contribution in [-0.2, 0) is 27.8 Å². The zero-order chi connectivity index (χ0) is 20.0. The van der Waals surface area contributed by atoms with E-state index in [1.807, 2.05) is 12.1 Å². The van der Waals surface area contributed by atoms with Gasteiger partial charge in [0.25, 0.3) is 0 Å². The molecule has 1 aliphatic rings. The van der Waals surface area contributed by atoms with Gasteiger partial charge in [0, 0.05) is 32.3 Å². The van der Waals surface area contributed by atoms with Gasteiger partial charge in [0.2, 0.25) is 15.9 Å². The fourth-order valence-corrected chi connectivity index (χ4v) is 3.92. The first kappa shape index (κ1) is 20.3. The molecule has 0 bridgehead atoms. The smallest absolute Gasteiger partial charge is 0.240 e. The number of hydrogen-bond donors (Lipinski definition) is 2. The van der Waals surface area contributed by atoms with Crippen molar-refractivity contribution < 1.29 is 13.2 Å². The maximum absolute atomic E-state index is 12.2. The number of aromatic nitrogens is 1. The lowest BCUT2D eigenvalue weighted by Crippen LogP contribution is -2.24. The number of benzene rings is 1. The van der Waals surface area contributed by atoms with E-state index in [1.54, 1.807) is 30.5 Å². The van der Waals surface area contributed by atoms with E-state index in [0.717, 1.165) is 30.0 Å². The fourth-order valence-electron chi connectivity index (χ4n) is 3.19. The van der Waals surface area contributed by atoms with E-state index in [0.29, 0.717) is 19.4 Å². The number of amides is 1. The van der Waals surface area contributed by atoms with Gasteiger partial charge in [-0.2, -0.15) is 0 Å². The van der Waals surface area contributed by atoms with Crippen molar-refractivity contribution in [2.24, 2.45) is 0 Å².